The molecule has 98 valence electrons. The molecular weight excluding hydrogens is 254 g/mol. The minimum absolute atomic E-state index is 0.00789. The van der Waals surface area contributed by atoms with Crippen LogP contribution < -0.4 is 5.32 Å². The number of carbonyl (C=O) groups is 1. The molecule has 0 radical (unpaired) electrons. The summed E-state index contributed by atoms with van der Waals surface area (Å²) >= 11 is 0.988. The lowest BCUT2D eigenvalue weighted by molar-refractivity contribution is -0.380. The number of nitrogens with one attached hydrogen (secondary N) is 1. The molecule has 0 saturated carbocycles. The van der Waals surface area contributed by atoms with Gasteiger partial charge in [0, 0.05) is 31.1 Å². The molecule has 2 rings (SSSR count). The molecule has 1 aliphatic rings. The largest absolute Gasteiger partial charge is 0.337 e. The number of likely N-dealkylation sites (N-methyl/N-ethyl adjacent to an activating group) is 1. The van der Waals surface area contributed by atoms with Crippen LogP contribution in [0.1, 0.15) is 23.2 Å². The lowest BCUT2D eigenvalue weighted by Crippen LogP contribution is -2.46. The van der Waals surface area contributed by atoms with E-state index in [0.29, 0.717) is 5.56 Å². The van der Waals surface area contributed by atoms with Crippen molar-refractivity contribution < 1.29 is 9.72 Å². The van der Waals surface area contributed by atoms with Crippen LogP contribution in [0.5, 0.6) is 0 Å². The van der Waals surface area contributed by atoms with E-state index >= 15 is 0 Å². The number of thiophene rings is 1. The number of hydrogen-bond donors (Lipinski definition) is 1. The fourth-order valence-electron chi connectivity index (χ4n) is 2.07. The van der Waals surface area contributed by atoms with Crippen molar-refractivity contribution in [2.75, 3.05) is 20.1 Å². The van der Waals surface area contributed by atoms with E-state index in [-0.39, 0.29) is 17.0 Å². The second-order valence-electron chi connectivity index (χ2n) is 4.35. The Labute approximate surface area is 109 Å². The van der Waals surface area contributed by atoms with Crippen LogP contribution in [0.15, 0.2) is 11.4 Å². The number of nitro groups is 1. The number of rotatable bonds is 3. The van der Waals surface area contributed by atoms with E-state index < -0.39 is 4.92 Å². The van der Waals surface area contributed by atoms with Crippen LogP contribution in [-0.4, -0.2) is 41.9 Å². The average Bonchev–Trinajstić information content (AvgIpc) is 2.88. The Hall–Kier alpha value is -1.47. The Kier molecular flexibility index (Phi) is 3.93. The van der Waals surface area contributed by atoms with E-state index in [0.717, 1.165) is 37.3 Å². The smallest absolute Gasteiger partial charge is 0.324 e. The Morgan fingerprint density at radius 1 is 1.67 bits per heavy atom. The molecule has 2 heterocycles. The summed E-state index contributed by atoms with van der Waals surface area (Å²) in [4.78, 5) is 24.0. The average molecular weight is 269 g/mol. The highest BCUT2D eigenvalue weighted by molar-refractivity contribution is 7.13. The molecule has 1 atom stereocenters. The Morgan fingerprint density at radius 3 is 3.00 bits per heavy atom. The van der Waals surface area contributed by atoms with Crippen LogP contribution in [0.25, 0.3) is 0 Å². The van der Waals surface area contributed by atoms with Crippen molar-refractivity contribution in [3.63, 3.8) is 0 Å². The van der Waals surface area contributed by atoms with Gasteiger partial charge in [0.1, 0.15) is 0 Å². The lowest BCUT2D eigenvalue weighted by Gasteiger charge is -2.31. The van der Waals surface area contributed by atoms with E-state index in [9.17, 15) is 14.9 Å². The Bertz CT molecular complexity index is 454. The number of nitrogens with zero attached hydrogens (tertiary/aromatic N) is 2. The zero-order valence-corrected chi connectivity index (χ0v) is 10.9. The summed E-state index contributed by atoms with van der Waals surface area (Å²) in [5.74, 6) is -0.145. The second kappa shape index (κ2) is 5.45. The number of hydrogen-bond acceptors (Lipinski definition) is 5. The zero-order chi connectivity index (χ0) is 13.1. The predicted molar refractivity (Wildman–Crippen MR) is 69.0 cm³/mol. The number of carbonyl (C=O) groups excluding carboxylic acids is 1. The first-order valence-corrected chi connectivity index (χ1v) is 6.68. The summed E-state index contributed by atoms with van der Waals surface area (Å²) in [5.41, 5.74) is 0.403. The molecule has 1 aromatic rings. The van der Waals surface area contributed by atoms with Crippen LogP contribution in [-0.2, 0) is 0 Å². The summed E-state index contributed by atoms with van der Waals surface area (Å²) in [5, 5.41) is 15.4. The third-order valence-electron chi connectivity index (χ3n) is 3.15. The van der Waals surface area contributed by atoms with E-state index in [1.807, 2.05) is 0 Å². The van der Waals surface area contributed by atoms with E-state index in [4.69, 9.17) is 0 Å². The highest BCUT2D eigenvalue weighted by Crippen LogP contribution is 2.24. The van der Waals surface area contributed by atoms with Crippen molar-refractivity contribution in [3.05, 3.63) is 27.1 Å². The summed E-state index contributed by atoms with van der Waals surface area (Å²) in [6.07, 6.45) is 2.02. The summed E-state index contributed by atoms with van der Waals surface area (Å²) in [6, 6.07) is 1.52. The summed E-state index contributed by atoms with van der Waals surface area (Å²) in [7, 11) is 1.75. The molecular formula is C11H15N3O3S. The predicted octanol–water partition coefficient (Wildman–Crippen LogP) is 1.48. The molecule has 1 unspecified atom stereocenters. The van der Waals surface area contributed by atoms with Gasteiger partial charge in [-0.2, -0.15) is 0 Å². The van der Waals surface area contributed by atoms with Crippen molar-refractivity contribution in [1.29, 1.82) is 0 Å². The monoisotopic (exact) mass is 269 g/mol. The quantitative estimate of drug-likeness (QED) is 0.666. The molecule has 1 fully saturated rings. The van der Waals surface area contributed by atoms with Gasteiger partial charge in [-0.1, -0.05) is 11.3 Å². The van der Waals surface area contributed by atoms with Gasteiger partial charge in [-0.05, 0) is 19.4 Å². The molecule has 0 aromatic carbocycles. The maximum Gasteiger partial charge on any atom is 0.324 e. The van der Waals surface area contributed by atoms with Gasteiger partial charge in [0.25, 0.3) is 5.91 Å². The van der Waals surface area contributed by atoms with Gasteiger partial charge in [-0.25, -0.2) is 0 Å². The highest BCUT2D eigenvalue weighted by Gasteiger charge is 2.24. The topological polar surface area (TPSA) is 75.5 Å². The van der Waals surface area contributed by atoms with Gasteiger partial charge in [0.05, 0.1) is 10.5 Å². The van der Waals surface area contributed by atoms with E-state index in [1.165, 1.54) is 6.07 Å². The van der Waals surface area contributed by atoms with Crippen LogP contribution >= 0.6 is 11.3 Å². The van der Waals surface area contributed by atoms with Crippen LogP contribution in [0, 0.1) is 10.1 Å². The minimum Gasteiger partial charge on any atom is -0.337 e. The third-order valence-corrected chi connectivity index (χ3v) is 4.03. The first-order chi connectivity index (χ1) is 8.59. The van der Waals surface area contributed by atoms with Gasteiger partial charge in [0.2, 0.25) is 0 Å². The van der Waals surface area contributed by atoms with Crippen LogP contribution in [0.2, 0.25) is 0 Å². The highest BCUT2D eigenvalue weighted by atomic mass is 32.1. The third kappa shape index (κ3) is 2.68. The van der Waals surface area contributed by atoms with Gasteiger partial charge >= 0.3 is 5.00 Å². The van der Waals surface area contributed by atoms with Crippen molar-refractivity contribution in [1.82, 2.24) is 10.2 Å². The molecule has 1 N–H and O–H groups in total. The molecule has 0 aliphatic carbocycles. The molecule has 18 heavy (non-hydrogen) atoms. The minimum atomic E-state index is -0.469. The van der Waals surface area contributed by atoms with Crippen LogP contribution in [0.3, 0.4) is 0 Å². The molecule has 1 aliphatic heterocycles. The normalized spacial score (nSPS) is 19.5. The Balaban J connectivity index is 2.07. The Morgan fingerprint density at radius 2 is 2.44 bits per heavy atom. The fourth-order valence-corrected chi connectivity index (χ4v) is 2.76. The number of piperidine rings is 1. The SMILES string of the molecule is CN(C(=O)c1csc([N+](=O)[O-])c1)C1CCCNC1. The molecule has 1 saturated heterocycles. The van der Waals surface area contributed by atoms with Gasteiger partial charge < -0.3 is 10.2 Å². The maximum atomic E-state index is 12.2. The van der Waals surface area contributed by atoms with Crippen molar-refractivity contribution >= 4 is 22.2 Å². The molecule has 1 amide bonds. The summed E-state index contributed by atoms with van der Waals surface area (Å²) < 4.78 is 0. The van der Waals surface area contributed by atoms with Crippen molar-refractivity contribution in [2.45, 2.75) is 18.9 Å². The molecule has 7 heteroatoms. The van der Waals surface area contributed by atoms with E-state index in [1.54, 1.807) is 17.3 Å². The number of amides is 1. The first-order valence-electron chi connectivity index (χ1n) is 5.80. The second-order valence-corrected chi connectivity index (χ2v) is 5.24. The van der Waals surface area contributed by atoms with Crippen molar-refractivity contribution in [2.24, 2.45) is 0 Å². The van der Waals surface area contributed by atoms with Crippen LogP contribution in [0.4, 0.5) is 5.00 Å². The lowest BCUT2D eigenvalue weighted by atomic mass is 10.1. The maximum absolute atomic E-state index is 12.2. The van der Waals surface area contributed by atoms with Gasteiger partial charge in [-0.15, -0.1) is 0 Å². The molecule has 0 spiro atoms. The first kappa shape index (κ1) is 13.0. The standard InChI is InChI=1S/C11H15N3O3S/c1-13(9-3-2-4-12-6-9)11(15)8-5-10(14(16)17)18-7-8/h5,7,9,12H,2-4,6H2,1H3. The van der Waals surface area contributed by atoms with Gasteiger partial charge in [0.15, 0.2) is 0 Å². The zero-order valence-electron chi connectivity index (χ0n) is 10.1. The summed E-state index contributed by atoms with van der Waals surface area (Å²) in [6.45, 7) is 1.77. The van der Waals surface area contributed by atoms with E-state index in [2.05, 4.69) is 5.32 Å². The van der Waals surface area contributed by atoms with Crippen molar-refractivity contribution in [3.8, 4) is 0 Å². The molecule has 1 aromatic heterocycles. The fraction of sp³-hybridized carbons (Fsp3) is 0.545. The van der Waals surface area contributed by atoms with Gasteiger partial charge in [-0.3, -0.25) is 14.9 Å². The molecule has 6 nitrogen and oxygen atoms in total. The molecule has 0 bridgehead atoms.